The minimum absolute atomic E-state index is 0.0235. The van der Waals surface area contributed by atoms with Crippen LogP contribution in [0.3, 0.4) is 0 Å². The third kappa shape index (κ3) is 14.8. The highest BCUT2D eigenvalue weighted by Crippen LogP contribution is 2.75. The Hall–Kier alpha value is -6.09. The first-order valence-corrected chi connectivity index (χ1v) is 30.3. The number of allylic oxidation sites excluding steroid dienone is 2. The number of ether oxygens (including phenoxy) is 11. The highest BCUT2D eigenvalue weighted by Gasteiger charge is 2.72. The fourth-order valence-corrected chi connectivity index (χ4v) is 14.8. The van der Waals surface area contributed by atoms with Gasteiger partial charge in [-0.3, -0.25) is 29.3 Å². The van der Waals surface area contributed by atoms with Gasteiger partial charge in [0.1, 0.15) is 37.0 Å². The number of carbonyl (C=O) groups is 4. The number of aryl methyl sites for hydroxylation is 1. The van der Waals surface area contributed by atoms with E-state index >= 15 is 4.79 Å². The monoisotopic (exact) mass is 1220 g/mol. The summed E-state index contributed by atoms with van der Waals surface area (Å²) >= 11 is 0. The third-order valence-corrected chi connectivity index (χ3v) is 19.9. The molecular weight excluding hydrogens is 1140 g/mol. The number of fused-ring (bicyclic) bond motifs is 7. The van der Waals surface area contributed by atoms with Gasteiger partial charge in [-0.15, -0.1) is 5.10 Å². The maximum absolute atomic E-state index is 15.5. The van der Waals surface area contributed by atoms with Gasteiger partial charge in [0.2, 0.25) is 0 Å². The number of nitro benzene ring substituents is 1. The number of nitrogens with zero attached hydrogens (tertiary/aromatic N) is 4. The molecule has 482 valence electrons. The number of hydrogen-bond donors (Lipinski definition) is 0. The first-order chi connectivity index (χ1) is 41.5. The smallest absolute Gasteiger partial charge is 0.480 e. The first-order valence-electron chi connectivity index (χ1n) is 30.3. The zero-order valence-electron chi connectivity index (χ0n) is 51.9. The average molecular weight is 1230 g/mol. The fourth-order valence-electron chi connectivity index (χ4n) is 14.8. The molecule has 0 bridgehead atoms. The Morgan fingerprint density at radius 3 is 2.01 bits per heavy atom. The molecule has 0 radical (unpaired) electrons. The molecule has 87 heavy (non-hydrogen) atoms. The number of ketones is 1. The summed E-state index contributed by atoms with van der Waals surface area (Å²) in [5.74, 6) is -3.48. The van der Waals surface area contributed by atoms with E-state index in [0.717, 1.165) is 29.7 Å². The molecule has 5 aliphatic carbocycles. The van der Waals surface area contributed by atoms with Crippen LogP contribution in [0.1, 0.15) is 129 Å². The van der Waals surface area contributed by atoms with Crippen LogP contribution in [0, 0.1) is 67.3 Å². The van der Waals surface area contributed by atoms with Crippen molar-refractivity contribution >= 4 is 29.4 Å². The lowest BCUT2D eigenvalue weighted by Gasteiger charge is -2.70. The molecule has 3 aromatic rings. The van der Waals surface area contributed by atoms with Crippen LogP contribution in [0.15, 0.2) is 49.7 Å². The Labute approximate surface area is 507 Å². The minimum atomic E-state index is -1.43. The topological polar surface area (TPSA) is 296 Å². The van der Waals surface area contributed by atoms with E-state index in [9.17, 15) is 29.3 Å². The van der Waals surface area contributed by atoms with E-state index in [-0.39, 0.29) is 99.2 Å². The van der Waals surface area contributed by atoms with E-state index < -0.39 is 73.7 Å². The lowest BCUT2D eigenvalue weighted by atomic mass is 9.33. The molecule has 0 aliphatic heterocycles. The number of rotatable bonds is 33. The molecule has 0 amide bonds. The Morgan fingerprint density at radius 2 is 1.37 bits per heavy atom. The summed E-state index contributed by atoms with van der Waals surface area (Å²) in [5.41, 5.74) is -2.77. The van der Waals surface area contributed by atoms with Crippen molar-refractivity contribution in [2.75, 3.05) is 100 Å². The van der Waals surface area contributed by atoms with Crippen LogP contribution in [0.25, 0.3) is 0 Å². The predicted octanol–water partition coefficient (Wildman–Crippen LogP) is 7.47. The van der Waals surface area contributed by atoms with Gasteiger partial charge in [0.25, 0.3) is 0 Å². The first kappa shape index (κ1) is 66.9. The zero-order chi connectivity index (χ0) is 62.6. The number of aromatic nitrogens is 3. The lowest BCUT2D eigenvalue weighted by Crippen LogP contribution is -2.68. The maximum atomic E-state index is 15.5. The lowest BCUT2D eigenvalue weighted by molar-refractivity contribution is -0.386. The van der Waals surface area contributed by atoms with Crippen LogP contribution in [0.5, 0.6) is 5.75 Å². The molecule has 10 atom stereocenters. The summed E-state index contributed by atoms with van der Waals surface area (Å²) in [7, 11) is 3.20. The van der Waals surface area contributed by atoms with Crippen molar-refractivity contribution in [1.29, 1.82) is 0 Å². The van der Waals surface area contributed by atoms with Crippen LogP contribution in [0.4, 0.5) is 5.69 Å². The van der Waals surface area contributed by atoms with E-state index in [1.165, 1.54) is 31.3 Å². The van der Waals surface area contributed by atoms with Crippen LogP contribution in [-0.4, -0.2) is 150 Å². The third-order valence-electron chi connectivity index (χ3n) is 19.9. The molecule has 8 rings (SSSR count). The van der Waals surface area contributed by atoms with E-state index in [2.05, 4.69) is 38.0 Å². The van der Waals surface area contributed by atoms with Crippen molar-refractivity contribution in [3.63, 3.8) is 0 Å². The van der Waals surface area contributed by atoms with Crippen molar-refractivity contribution in [3.05, 3.63) is 79.6 Å². The Morgan fingerprint density at radius 1 is 0.736 bits per heavy atom. The molecule has 4 saturated carbocycles. The Balaban J connectivity index is 0.930. The fraction of sp³-hybridized carbons (Fsp3) is 0.726. The molecule has 25 nitrogen and oxygen atoms in total. The molecule has 0 saturated heterocycles. The van der Waals surface area contributed by atoms with Gasteiger partial charge in [0, 0.05) is 26.2 Å². The quantitative estimate of drug-likeness (QED) is 0.0188. The van der Waals surface area contributed by atoms with Crippen molar-refractivity contribution in [3.8, 4) is 5.75 Å². The summed E-state index contributed by atoms with van der Waals surface area (Å²) in [6.07, 6.45) is 7.67. The van der Waals surface area contributed by atoms with Crippen LogP contribution in [0.2, 0.25) is 0 Å². The van der Waals surface area contributed by atoms with Gasteiger partial charge in [0.05, 0.1) is 102 Å². The highest BCUT2D eigenvalue weighted by molar-refractivity contribution is 5.96. The minimum Gasteiger partial charge on any atom is -0.480 e. The van der Waals surface area contributed by atoms with Crippen molar-refractivity contribution in [1.82, 2.24) is 15.2 Å². The second-order valence-electron chi connectivity index (χ2n) is 25.2. The summed E-state index contributed by atoms with van der Waals surface area (Å²) in [6.45, 7) is 18.1. The van der Waals surface area contributed by atoms with Gasteiger partial charge < -0.3 is 65.8 Å². The van der Waals surface area contributed by atoms with Gasteiger partial charge in [-0.25, -0.2) is 4.79 Å². The Bertz CT molecular complexity index is 2960. The second kappa shape index (κ2) is 29.0. The van der Waals surface area contributed by atoms with Gasteiger partial charge in [0.15, 0.2) is 29.7 Å². The van der Waals surface area contributed by atoms with Crippen molar-refractivity contribution < 1.29 is 89.9 Å². The summed E-state index contributed by atoms with van der Waals surface area (Å²) in [6, 6.07) is 4.32. The largest absolute Gasteiger partial charge is 0.519 e. The standard InChI is InChI=1S/C62H88N4O21/c1-41-49(86-56(71)85-41)40-83-55(70)62(7)50-12-16-61(6)53(59(50,4)15-13-51(62)87-52(68)14-21-76-26-27-79-30-28-77-24-22-74-8)47(67)35-44-45-36-58(3,18-17-57(45,2)19-20-60(44,61)5)54(69)82-38-42-10-11-46(66(72)73)48(34-42)81-39-43-37-65(64-63-43)84-33-32-80-31-29-78-25-23-75-9/h10-11,34-35,37,45,50-51,53H,12-33,36,38-40H2,1-9H3/t45-,50+,51-,53+,57+,58-,59-,60+,61+,62-/m0/s1. The summed E-state index contributed by atoms with van der Waals surface area (Å²) in [5, 5.41) is 20.1. The molecule has 2 aromatic heterocycles. The van der Waals surface area contributed by atoms with E-state index in [1.807, 2.05) is 13.0 Å². The van der Waals surface area contributed by atoms with Gasteiger partial charge in [-0.1, -0.05) is 38.1 Å². The molecule has 4 fully saturated rings. The molecule has 1 aromatic carbocycles. The molecule has 2 heterocycles. The molecule has 5 aliphatic rings. The molecule has 0 N–H and O–H groups in total. The number of esters is 3. The number of methoxy groups -OCH3 is 2. The zero-order valence-corrected chi connectivity index (χ0v) is 51.9. The number of hydrogen-bond acceptors (Lipinski definition) is 23. The maximum Gasteiger partial charge on any atom is 0.519 e. The molecule has 0 spiro atoms. The number of nitro groups is 1. The average Bonchev–Trinajstić information content (AvgIpc) is 1.32. The van der Waals surface area contributed by atoms with Crippen molar-refractivity contribution in [2.45, 2.75) is 139 Å². The second-order valence-corrected chi connectivity index (χ2v) is 25.2. The van der Waals surface area contributed by atoms with Gasteiger partial charge >= 0.3 is 29.4 Å². The van der Waals surface area contributed by atoms with Crippen LogP contribution in [-0.2, 0) is 86.4 Å². The van der Waals surface area contributed by atoms with E-state index in [1.54, 1.807) is 21.1 Å². The molecular formula is C62H88N4O21. The van der Waals surface area contributed by atoms with Crippen molar-refractivity contribution in [2.24, 2.45) is 50.2 Å². The van der Waals surface area contributed by atoms with Crippen LogP contribution >= 0.6 is 0 Å². The van der Waals surface area contributed by atoms with Gasteiger partial charge in [-0.2, -0.15) is 0 Å². The van der Waals surface area contributed by atoms with Gasteiger partial charge in [-0.05, 0) is 141 Å². The SMILES string of the molecule is COCCOCCOCCOCCC(=O)O[C@H]1CC[C@@]2(C)[C@@H](CC[C@]3(C)[C@@H]2C(=O)C=C2[C@@H]4C[C@@](C)(C(=O)OCc5ccc([N+](=O)[O-])c(OCc6cn(OCCOCCOCCOC)nn6)c5)CC[C@]4(C)CC[C@]23C)[C@]1(C)C(=O)OCc1oc(=O)oc1C. The molecule has 0 unspecified atom stereocenters. The van der Waals surface area contributed by atoms with E-state index in [4.69, 9.17) is 65.8 Å². The summed E-state index contributed by atoms with van der Waals surface area (Å²) < 4.78 is 71.9. The Kier molecular flexibility index (Phi) is 22.3. The summed E-state index contributed by atoms with van der Waals surface area (Å²) in [4.78, 5) is 88.8. The number of carbonyl (C=O) groups excluding carboxylic acids is 4. The van der Waals surface area contributed by atoms with E-state index in [0.29, 0.717) is 103 Å². The molecule has 25 heteroatoms. The number of benzene rings is 1. The normalized spacial score (nSPS) is 29.2. The van der Waals surface area contributed by atoms with Crippen LogP contribution < -0.4 is 15.4 Å². The predicted molar refractivity (Wildman–Crippen MR) is 307 cm³/mol. The highest BCUT2D eigenvalue weighted by atomic mass is 16.7.